The summed E-state index contributed by atoms with van der Waals surface area (Å²) >= 11 is 0. The van der Waals surface area contributed by atoms with Gasteiger partial charge < -0.3 is 0 Å². The predicted molar refractivity (Wildman–Crippen MR) is 62.9 cm³/mol. The molecule has 1 atom stereocenters. The highest BCUT2D eigenvalue weighted by Crippen LogP contribution is 2.42. The Hall–Kier alpha value is -0.950. The van der Waals surface area contributed by atoms with E-state index < -0.39 is 10.0 Å². The van der Waals surface area contributed by atoms with Gasteiger partial charge in [0.15, 0.2) is 0 Å². The smallest absolute Gasteiger partial charge is 0.273 e. The third-order valence-corrected chi connectivity index (χ3v) is 3.99. The number of sulfonamides is 1. The van der Waals surface area contributed by atoms with Gasteiger partial charge in [0.25, 0.3) is 15.2 Å². The van der Waals surface area contributed by atoms with Gasteiger partial charge in [0, 0.05) is 12.0 Å². The Labute approximate surface area is 101 Å². The molecule has 17 heavy (non-hydrogen) atoms. The quantitative estimate of drug-likeness (QED) is 0.872. The standard InChI is InChI=1S/C10H18N4O2S/c1-6(2)14-9(7(3)8-4-5-8)12-13-10(14)17(11,15)16/h6-8H,4-5H2,1-3H3,(H2,11,15,16). The van der Waals surface area contributed by atoms with Crippen molar-refractivity contribution in [2.75, 3.05) is 0 Å². The average Bonchev–Trinajstić information content (AvgIpc) is 2.92. The first-order valence-electron chi connectivity index (χ1n) is 5.80. The van der Waals surface area contributed by atoms with Crippen molar-refractivity contribution in [3.63, 3.8) is 0 Å². The lowest BCUT2D eigenvalue weighted by Gasteiger charge is -2.16. The van der Waals surface area contributed by atoms with Crippen LogP contribution in [0.5, 0.6) is 0 Å². The van der Waals surface area contributed by atoms with E-state index in [4.69, 9.17) is 5.14 Å². The van der Waals surface area contributed by atoms with Gasteiger partial charge in [-0.2, -0.15) is 0 Å². The average molecular weight is 258 g/mol. The lowest BCUT2D eigenvalue weighted by molar-refractivity contribution is 0.476. The minimum atomic E-state index is -3.81. The maximum absolute atomic E-state index is 11.4. The fraction of sp³-hybridized carbons (Fsp3) is 0.800. The molecule has 1 aliphatic carbocycles. The Balaban J connectivity index is 2.50. The first-order valence-corrected chi connectivity index (χ1v) is 7.34. The van der Waals surface area contributed by atoms with Crippen LogP contribution in [0.1, 0.15) is 51.4 Å². The zero-order valence-corrected chi connectivity index (χ0v) is 11.1. The third-order valence-electron chi connectivity index (χ3n) is 3.20. The topological polar surface area (TPSA) is 90.9 Å². The summed E-state index contributed by atoms with van der Waals surface area (Å²) in [4.78, 5) is 0. The molecule has 1 aromatic heterocycles. The molecule has 0 radical (unpaired) electrons. The van der Waals surface area contributed by atoms with E-state index >= 15 is 0 Å². The predicted octanol–water partition coefficient (Wildman–Crippen LogP) is 1.02. The third kappa shape index (κ3) is 2.35. The second-order valence-electron chi connectivity index (χ2n) is 4.98. The van der Waals surface area contributed by atoms with Gasteiger partial charge >= 0.3 is 0 Å². The molecule has 1 fully saturated rings. The molecule has 96 valence electrons. The van der Waals surface area contributed by atoms with Gasteiger partial charge in [0.1, 0.15) is 5.82 Å². The van der Waals surface area contributed by atoms with Gasteiger partial charge in [-0.05, 0) is 32.6 Å². The highest BCUT2D eigenvalue weighted by atomic mass is 32.2. The summed E-state index contributed by atoms with van der Waals surface area (Å²) in [6.45, 7) is 5.87. The molecule has 0 spiro atoms. The minimum Gasteiger partial charge on any atom is -0.298 e. The summed E-state index contributed by atoms with van der Waals surface area (Å²) in [7, 11) is -3.81. The molecule has 7 heteroatoms. The number of aromatic nitrogens is 3. The molecule has 0 aliphatic heterocycles. The molecule has 2 rings (SSSR count). The summed E-state index contributed by atoms with van der Waals surface area (Å²) in [5.41, 5.74) is 0. The number of hydrogen-bond acceptors (Lipinski definition) is 4. The van der Waals surface area contributed by atoms with Crippen molar-refractivity contribution in [1.29, 1.82) is 0 Å². The van der Waals surface area contributed by atoms with Gasteiger partial charge in [-0.3, -0.25) is 4.57 Å². The maximum Gasteiger partial charge on any atom is 0.273 e. The number of nitrogens with two attached hydrogens (primary N) is 1. The normalized spacial score (nSPS) is 18.6. The Morgan fingerprint density at radius 2 is 1.88 bits per heavy atom. The van der Waals surface area contributed by atoms with Crippen LogP contribution < -0.4 is 5.14 Å². The molecule has 0 aromatic carbocycles. The van der Waals surface area contributed by atoms with E-state index in [0.29, 0.717) is 5.92 Å². The van der Waals surface area contributed by atoms with Crippen molar-refractivity contribution in [1.82, 2.24) is 14.8 Å². The number of rotatable bonds is 4. The summed E-state index contributed by atoms with van der Waals surface area (Å²) in [6, 6.07) is -0.0190. The second-order valence-corrected chi connectivity index (χ2v) is 6.43. The first kappa shape index (κ1) is 12.5. The van der Waals surface area contributed by atoms with Crippen LogP contribution in [-0.4, -0.2) is 23.2 Å². The molecular weight excluding hydrogens is 240 g/mol. The van der Waals surface area contributed by atoms with Crippen molar-refractivity contribution < 1.29 is 8.42 Å². The highest BCUT2D eigenvalue weighted by Gasteiger charge is 2.34. The Bertz CT molecular complexity index is 516. The molecule has 0 bridgehead atoms. The summed E-state index contributed by atoms with van der Waals surface area (Å²) in [5.74, 6) is 1.57. The van der Waals surface area contributed by atoms with Gasteiger partial charge in [-0.1, -0.05) is 6.92 Å². The molecular formula is C10H18N4O2S. The highest BCUT2D eigenvalue weighted by molar-refractivity contribution is 7.89. The molecule has 0 amide bonds. The minimum absolute atomic E-state index is 0.0190. The Morgan fingerprint density at radius 3 is 2.29 bits per heavy atom. The van der Waals surface area contributed by atoms with Crippen LogP contribution in [0.2, 0.25) is 0 Å². The zero-order chi connectivity index (χ0) is 12.8. The lowest BCUT2D eigenvalue weighted by Crippen LogP contribution is -2.21. The van der Waals surface area contributed by atoms with Crippen LogP contribution >= 0.6 is 0 Å². The van der Waals surface area contributed by atoms with Crippen LogP contribution in [0, 0.1) is 5.92 Å². The molecule has 1 heterocycles. The van der Waals surface area contributed by atoms with Crippen molar-refractivity contribution in [3.8, 4) is 0 Å². The van der Waals surface area contributed by atoms with Gasteiger partial charge in [-0.25, -0.2) is 13.6 Å². The van der Waals surface area contributed by atoms with Crippen LogP contribution in [0.15, 0.2) is 5.16 Å². The van der Waals surface area contributed by atoms with Crippen LogP contribution in [-0.2, 0) is 10.0 Å². The first-order chi connectivity index (χ1) is 7.82. The Kier molecular flexibility index (Phi) is 2.99. The fourth-order valence-corrected chi connectivity index (χ4v) is 2.82. The summed E-state index contributed by atoms with van der Waals surface area (Å²) < 4.78 is 24.5. The summed E-state index contributed by atoms with van der Waals surface area (Å²) in [6.07, 6.45) is 2.35. The second kappa shape index (κ2) is 4.06. The van der Waals surface area contributed by atoms with E-state index in [1.54, 1.807) is 4.57 Å². The van der Waals surface area contributed by atoms with Crippen LogP contribution in [0.25, 0.3) is 0 Å². The maximum atomic E-state index is 11.4. The largest absolute Gasteiger partial charge is 0.298 e. The van der Waals surface area contributed by atoms with Gasteiger partial charge in [0.05, 0.1) is 0 Å². The molecule has 6 nitrogen and oxygen atoms in total. The van der Waals surface area contributed by atoms with E-state index in [1.165, 1.54) is 12.8 Å². The number of nitrogens with zero attached hydrogens (tertiary/aromatic N) is 3. The lowest BCUT2D eigenvalue weighted by atomic mass is 10.1. The van der Waals surface area contributed by atoms with Gasteiger partial charge in [-0.15, -0.1) is 10.2 Å². The molecule has 1 aliphatic rings. The zero-order valence-electron chi connectivity index (χ0n) is 10.3. The van der Waals surface area contributed by atoms with Crippen LogP contribution in [0.3, 0.4) is 0 Å². The number of hydrogen-bond donors (Lipinski definition) is 1. The van der Waals surface area contributed by atoms with E-state index in [-0.39, 0.29) is 17.1 Å². The molecule has 0 saturated heterocycles. The molecule has 2 N–H and O–H groups in total. The SMILES string of the molecule is CC(c1nnc(S(N)(=O)=O)n1C(C)C)C1CC1. The van der Waals surface area contributed by atoms with Crippen molar-refractivity contribution in [2.45, 2.75) is 50.7 Å². The van der Waals surface area contributed by atoms with Gasteiger partial charge in [0.2, 0.25) is 0 Å². The Morgan fingerprint density at radius 1 is 1.29 bits per heavy atom. The van der Waals surface area contributed by atoms with Crippen molar-refractivity contribution in [2.24, 2.45) is 11.1 Å². The fourth-order valence-electron chi connectivity index (χ4n) is 2.09. The van der Waals surface area contributed by atoms with E-state index in [2.05, 4.69) is 17.1 Å². The van der Waals surface area contributed by atoms with Crippen molar-refractivity contribution >= 4 is 10.0 Å². The van der Waals surface area contributed by atoms with Crippen LogP contribution in [0.4, 0.5) is 0 Å². The van der Waals surface area contributed by atoms with Crippen molar-refractivity contribution in [3.05, 3.63) is 5.82 Å². The molecule has 1 saturated carbocycles. The monoisotopic (exact) mass is 258 g/mol. The molecule has 1 unspecified atom stereocenters. The molecule has 1 aromatic rings. The van der Waals surface area contributed by atoms with E-state index in [0.717, 1.165) is 5.82 Å². The summed E-state index contributed by atoms with van der Waals surface area (Å²) in [5, 5.41) is 12.8. The number of primary sulfonamides is 1. The van der Waals surface area contributed by atoms with E-state index in [9.17, 15) is 8.42 Å². The van der Waals surface area contributed by atoms with E-state index in [1.807, 2.05) is 13.8 Å².